The van der Waals surface area contributed by atoms with Crippen LogP contribution in [0, 0.1) is 0 Å². The van der Waals surface area contributed by atoms with Crippen LogP contribution < -0.4 is 19.5 Å². The van der Waals surface area contributed by atoms with Gasteiger partial charge in [0.15, 0.2) is 0 Å². The lowest BCUT2D eigenvalue weighted by Gasteiger charge is -2.18. The van der Waals surface area contributed by atoms with Gasteiger partial charge in [0.1, 0.15) is 34.4 Å². The number of methoxy groups -OCH3 is 3. The lowest BCUT2D eigenvalue weighted by molar-refractivity contribution is 0.395. The third kappa shape index (κ3) is 4.33. The van der Waals surface area contributed by atoms with Crippen LogP contribution in [-0.2, 0) is 0 Å². The number of benzene rings is 2. The maximum absolute atomic E-state index is 14.4. The standard InChI is InChI=1S/C25H23Cl2FN2O3/c1-13-6-5-7-16(28)24(13)29-20-9-8-14-10-15(11-19(33-4)25(14)30-20)21-22(26)17(31-2)12-18(32-3)23(21)27/h6,8-12H,5,7H2,1-4H3,(H,29,30). The molecule has 1 aliphatic rings. The molecule has 1 aromatic heterocycles. The minimum absolute atomic E-state index is 0.171. The largest absolute Gasteiger partial charge is 0.495 e. The second kappa shape index (κ2) is 9.49. The minimum Gasteiger partial charge on any atom is -0.495 e. The molecule has 8 heteroatoms. The first-order chi connectivity index (χ1) is 15.9. The number of allylic oxidation sites excluding steroid dienone is 3. The number of rotatable bonds is 6. The van der Waals surface area contributed by atoms with Gasteiger partial charge >= 0.3 is 0 Å². The van der Waals surface area contributed by atoms with Crippen LogP contribution in [0.1, 0.15) is 19.8 Å². The van der Waals surface area contributed by atoms with Gasteiger partial charge in [-0.25, -0.2) is 9.37 Å². The molecule has 0 bridgehead atoms. The Morgan fingerprint density at radius 3 is 2.21 bits per heavy atom. The summed E-state index contributed by atoms with van der Waals surface area (Å²) in [5, 5.41) is 4.63. The van der Waals surface area contributed by atoms with Gasteiger partial charge in [0.05, 0.1) is 37.1 Å². The number of nitrogens with zero attached hydrogens (tertiary/aromatic N) is 1. The van der Waals surface area contributed by atoms with E-state index in [1.54, 1.807) is 25.3 Å². The van der Waals surface area contributed by atoms with Gasteiger partial charge in [-0.15, -0.1) is 0 Å². The van der Waals surface area contributed by atoms with Crippen molar-refractivity contribution in [2.45, 2.75) is 19.8 Å². The van der Waals surface area contributed by atoms with Gasteiger partial charge in [-0.05, 0) is 48.7 Å². The zero-order valence-electron chi connectivity index (χ0n) is 18.7. The predicted molar refractivity (Wildman–Crippen MR) is 132 cm³/mol. The summed E-state index contributed by atoms with van der Waals surface area (Å²) in [5.74, 6) is 1.75. The van der Waals surface area contributed by atoms with Gasteiger partial charge < -0.3 is 19.5 Å². The van der Waals surface area contributed by atoms with E-state index in [-0.39, 0.29) is 5.83 Å². The number of pyridine rings is 1. The summed E-state index contributed by atoms with van der Waals surface area (Å²) in [7, 11) is 4.62. The van der Waals surface area contributed by atoms with E-state index in [0.29, 0.717) is 68.3 Å². The molecule has 0 atom stereocenters. The van der Waals surface area contributed by atoms with Crippen molar-refractivity contribution in [2.24, 2.45) is 0 Å². The Balaban J connectivity index is 1.84. The molecule has 1 aliphatic carbocycles. The van der Waals surface area contributed by atoms with Gasteiger partial charge in [0, 0.05) is 23.4 Å². The molecule has 33 heavy (non-hydrogen) atoms. The highest BCUT2D eigenvalue weighted by Crippen LogP contribution is 2.47. The average molecular weight is 489 g/mol. The van der Waals surface area contributed by atoms with Crippen LogP contribution in [0.3, 0.4) is 0 Å². The molecule has 0 amide bonds. The first-order valence-corrected chi connectivity index (χ1v) is 11.1. The SMILES string of the molecule is COc1cc(OC)c(Cl)c(-c2cc(OC)c3nc(NC4=C(F)CCC=C4C)ccc3c2)c1Cl. The number of hydrogen-bond acceptors (Lipinski definition) is 5. The number of ether oxygens (including phenoxy) is 3. The summed E-state index contributed by atoms with van der Waals surface area (Å²) in [5.41, 5.74) is 3.22. The molecule has 0 fully saturated rings. The number of anilines is 1. The lowest BCUT2D eigenvalue weighted by atomic mass is 10.0. The lowest BCUT2D eigenvalue weighted by Crippen LogP contribution is -2.08. The molecular weight excluding hydrogens is 466 g/mol. The number of aromatic nitrogens is 1. The molecule has 3 aromatic rings. The topological polar surface area (TPSA) is 52.6 Å². The number of nitrogens with one attached hydrogen (secondary N) is 1. The fourth-order valence-corrected chi connectivity index (χ4v) is 4.58. The molecule has 0 spiro atoms. The molecule has 0 saturated heterocycles. The average Bonchev–Trinajstić information content (AvgIpc) is 2.81. The van der Waals surface area contributed by atoms with E-state index in [4.69, 9.17) is 37.4 Å². The van der Waals surface area contributed by atoms with Crippen molar-refractivity contribution in [3.8, 4) is 28.4 Å². The van der Waals surface area contributed by atoms with E-state index in [0.717, 1.165) is 11.0 Å². The maximum Gasteiger partial charge on any atom is 0.145 e. The molecule has 1 N–H and O–H groups in total. The Morgan fingerprint density at radius 1 is 0.939 bits per heavy atom. The Bertz CT molecular complexity index is 1280. The number of fused-ring (bicyclic) bond motifs is 1. The van der Waals surface area contributed by atoms with Crippen molar-refractivity contribution in [1.29, 1.82) is 0 Å². The van der Waals surface area contributed by atoms with Crippen LogP contribution >= 0.6 is 23.2 Å². The number of halogens is 3. The summed E-state index contributed by atoms with van der Waals surface area (Å²) in [6.45, 7) is 1.88. The molecule has 5 nitrogen and oxygen atoms in total. The molecule has 0 saturated carbocycles. The summed E-state index contributed by atoms with van der Waals surface area (Å²) >= 11 is 13.2. The fraction of sp³-hybridized carbons (Fsp3) is 0.240. The first kappa shape index (κ1) is 23.2. The second-order valence-corrected chi connectivity index (χ2v) is 8.32. The van der Waals surface area contributed by atoms with E-state index in [9.17, 15) is 4.39 Å². The van der Waals surface area contributed by atoms with Gasteiger partial charge in [-0.3, -0.25) is 0 Å². The first-order valence-electron chi connectivity index (χ1n) is 10.3. The van der Waals surface area contributed by atoms with E-state index in [2.05, 4.69) is 10.3 Å². The summed E-state index contributed by atoms with van der Waals surface area (Å²) in [6, 6.07) is 9.03. The Morgan fingerprint density at radius 2 is 1.61 bits per heavy atom. The van der Waals surface area contributed by atoms with Crippen molar-refractivity contribution in [1.82, 2.24) is 4.98 Å². The Hall–Kier alpha value is -2.96. The highest BCUT2D eigenvalue weighted by Gasteiger charge is 2.21. The van der Waals surface area contributed by atoms with Crippen LogP contribution in [0.4, 0.5) is 10.2 Å². The van der Waals surface area contributed by atoms with Crippen molar-refractivity contribution in [2.75, 3.05) is 26.6 Å². The van der Waals surface area contributed by atoms with Crippen LogP contribution in [0.15, 0.2) is 53.5 Å². The van der Waals surface area contributed by atoms with Crippen LogP contribution in [0.25, 0.3) is 22.0 Å². The normalized spacial score (nSPS) is 13.7. The van der Waals surface area contributed by atoms with Crippen LogP contribution in [-0.4, -0.2) is 26.3 Å². The van der Waals surface area contributed by atoms with E-state index >= 15 is 0 Å². The Labute approximate surface area is 201 Å². The van der Waals surface area contributed by atoms with Gasteiger partial charge in [0.25, 0.3) is 0 Å². The third-order valence-electron chi connectivity index (χ3n) is 5.57. The van der Waals surface area contributed by atoms with Gasteiger partial charge in [-0.1, -0.05) is 29.3 Å². The van der Waals surface area contributed by atoms with Crippen LogP contribution in [0.2, 0.25) is 10.0 Å². The van der Waals surface area contributed by atoms with E-state index < -0.39 is 0 Å². The molecule has 172 valence electrons. The van der Waals surface area contributed by atoms with E-state index in [1.165, 1.54) is 14.2 Å². The maximum atomic E-state index is 14.4. The monoisotopic (exact) mass is 488 g/mol. The second-order valence-electron chi connectivity index (χ2n) is 7.56. The van der Waals surface area contributed by atoms with Crippen molar-refractivity contribution in [3.05, 3.63) is 63.6 Å². The van der Waals surface area contributed by atoms with Gasteiger partial charge in [-0.2, -0.15) is 0 Å². The minimum atomic E-state index is -0.171. The molecule has 4 rings (SSSR count). The molecule has 2 aromatic carbocycles. The van der Waals surface area contributed by atoms with Crippen molar-refractivity contribution < 1.29 is 18.6 Å². The summed E-state index contributed by atoms with van der Waals surface area (Å²) in [6.07, 6.45) is 3.09. The summed E-state index contributed by atoms with van der Waals surface area (Å²) < 4.78 is 30.8. The van der Waals surface area contributed by atoms with Crippen molar-refractivity contribution in [3.63, 3.8) is 0 Å². The third-order valence-corrected chi connectivity index (χ3v) is 6.32. The quantitative estimate of drug-likeness (QED) is 0.387. The molecule has 0 unspecified atom stereocenters. The van der Waals surface area contributed by atoms with Gasteiger partial charge in [0.2, 0.25) is 0 Å². The molecule has 0 aliphatic heterocycles. The number of hydrogen-bond donors (Lipinski definition) is 1. The Kier molecular flexibility index (Phi) is 6.68. The van der Waals surface area contributed by atoms with Crippen LogP contribution in [0.5, 0.6) is 17.2 Å². The smallest absolute Gasteiger partial charge is 0.145 e. The van der Waals surface area contributed by atoms with E-state index in [1.807, 2.05) is 25.1 Å². The highest BCUT2D eigenvalue weighted by molar-refractivity contribution is 6.41. The predicted octanol–water partition coefficient (Wildman–Crippen LogP) is 7.57. The zero-order valence-corrected chi connectivity index (χ0v) is 20.2. The molecule has 0 radical (unpaired) electrons. The zero-order chi connectivity index (χ0) is 23.7. The molecule has 1 heterocycles. The molecular formula is C25H23Cl2FN2O3. The fourth-order valence-electron chi connectivity index (χ4n) is 3.86. The summed E-state index contributed by atoms with van der Waals surface area (Å²) in [4.78, 5) is 4.68. The van der Waals surface area contributed by atoms with Crippen molar-refractivity contribution >= 4 is 39.9 Å². The highest BCUT2D eigenvalue weighted by atomic mass is 35.5.